The predicted octanol–water partition coefficient (Wildman–Crippen LogP) is 2.10. The number of nitrogens with one attached hydrogen (secondary N) is 1. The van der Waals surface area contributed by atoms with E-state index in [2.05, 4.69) is 5.32 Å². The molecule has 6 nitrogen and oxygen atoms in total. The third-order valence-corrected chi connectivity index (χ3v) is 6.31. The van der Waals surface area contributed by atoms with Crippen LogP contribution in [0.1, 0.15) is 36.7 Å². The van der Waals surface area contributed by atoms with E-state index in [1.807, 2.05) is 32.0 Å². The Kier molecular flexibility index (Phi) is 3.36. The molecule has 3 atom stereocenters. The van der Waals surface area contributed by atoms with Gasteiger partial charge in [-0.1, -0.05) is 12.1 Å². The zero-order chi connectivity index (χ0) is 19.0. The third kappa shape index (κ3) is 1.84. The van der Waals surface area contributed by atoms with Gasteiger partial charge in [-0.3, -0.25) is 14.4 Å². The number of fused-ring (bicyclic) bond motifs is 4. The highest BCUT2D eigenvalue weighted by molar-refractivity contribution is 6.21. The van der Waals surface area contributed by atoms with Gasteiger partial charge in [0.25, 0.3) is 5.91 Å². The SMILES string of the molecule is CNc1cccc2c1C(=O)[C@@H]1[C@H]3C(O)=C(C(C)=O)C(=O)N3C(C)(C)[C@@H]1C2. The summed E-state index contributed by atoms with van der Waals surface area (Å²) in [5.41, 5.74) is 1.52. The van der Waals surface area contributed by atoms with E-state index < -0.39 is 29.2 Å². The van der Waals surface area contributed by atoms with Gasteiger partial charge in [0.1, 0.15) is 17.4 Å². The number of anilines is 1. The van der Waals surface area contributed by atoms with Gasteiger partial charge in [-0.2, -0.15) is 0 Å². The van der Waals surface area contributed by atoms with Crippen molar-refractivity contribution in [3.05, 3.63) is 40.7 Å². The molecule has 1 saturated heterocycles. The van der Waals surface area contributed by atoms with Crippen LogP contribution >= 0.6 is 0 Å². The van der Waals surface area contributed by atoms with Crippen LogP contribution in [0.4, 0.5) is 5.69 Å². The summed E-state index contributed by atoms with van der Waals surface area (Å²) in [4.78, 5) is 39.7. The summed E-state index contributed by atoms with van der Waals surface area (Å²) in [6.45, 7) is 5.10. The Balaban J connectivity index is 1.91. The highest BCUT2D eigenvalue weighted by Gasteiger charge is 2.64. The van der Waals surface area contributed by atoms with E-state index in [0.29, 0.717) is 12.0 Å². The molecular weight excluding hydrogens is 332 g/mol. The first-order valence-electron chi connectivity index (χ1n) is 8.83. The highest BCUT2D eigenvalue weighted by atomic mass is 16.3. The molecule has 0 aromatic heterocycles. The first kappa shape index (κ1) is 16.8. The number of aliphatic hydroxyl groups excluding tert-OH is 1. The van der Waals surface area contributed by atoms with Crippen molar-refractivity contribution >= 4 is 23.2 Å². The minimum atomic E-state index is -0.757. The molecule has 2 N–H and O–H groups in total. The topological polar surface area (TPSA) is 86.7 Å². The quantitative estimate of drug-likeness (QED) is 0.795. The Labute approximate surface area is 151 Å². The summed E-state index contributed by atoms with van der Waals surface area (Å²) >= 11 is 0. The number of aliphatic hydroxyl groups is 1. The van der Waals surface area contributed by atoms with E-state index in [4.69, 9.17) is 0 Å². The molecule has 0 bridgehead atoms. The van der Waals surface area contributed by atoms with Crippen molar-refractivity contribution in [2.24, 2.45) is 11.8 Å². The van der Waals surface area contributed by atoms with E-state index >= 15 is 0 Å². The molecule has 1 aromatic carbocycles. The molecule has 136 valence electrons. The second-order valence-electron chi connectivity index (χ2n) is 7.88. The smallest absolute Gasteiger partial charge is 0.262 e. The maximum atomic E-state index is 13.4. The Bertz CT molecular complexity index is 899. The number of Topliss-reactive ketones (excluding diaryl/α,β-unsaturated/α-hetero) is 2. The normalized spacial score (nSPS) is 28.8. The summed E-state index contributed by atoms with van der Waals surface area (Å²) in [5, 5.41) is 13.8. The molecule has 6 heteroatoms. The van der Waals surface area contributed by atoms with Crippen molar-refractivity contribution in [1.82, 2.24) is 4.90 Å². The van der Waals surface area contributed by atoms with E-state index in [0.717, 1.165) is 11.3 Å². The molecule has 2 aliphatic heterocycles. The van der Waals surface area contributed by atoms with Gasteiger partial charge < -0.3 is 15.3 Å². The molecule has 1 aromatic rings. The van der Waals surface area contributed by atoms with Crippen LogP contribution in [0.25, 0.3) is 0 Å². The van der Waals surface area contributed by atoms with Gasteiger partial charge in [-0.05, 0) is 44.7 Å². The monoisotopic (exact) mass is 354 g/mol. The van der Waals surface area contributed by atoms with E-state index in [1.165, 1.54) is 6.92 Å². The standard InChI is InChI=1S/C20H22N2O4/c1-9(23)13-18(25)16-15-11(20(2,3)22(16)19(13)26)8-10-6-5-7-12(21-4)14(10)17(15)24/h5-7,11,15-16,21,25H,8H2,1-4H3/t11-,15+,16+/m1/s1. The molecule has 0 spiro atoms. The number of rotatable bonds is 2. The van der Waals surface area contributed by atoms with Crippen molar-refractivity contribution < 1.29 is 19.5 Å². The molecule has 0 saturated carbocycles. The molecule has 0 unspecified atom stereocenters. The first-order valence-corrected chi connectivity index (χ1v) is 8.83. The van der Waals surface area contributed by atoms with Crippen LogP contribution in [0.15, 0.2) is 29.5 Å². The van der Waals surface area contributed by atoms with Crippen LogP contribution in [0.2, 0.25) is 0 Å². The molecule has 1 aliphatic carbocycles. The average molecular weight is 354 g/mol. The number of amides is 1. The maximum absolute atomic E-state index is 13.4. The largest absolute Gasteiger partial charge is 0.509 e. The molecule has 26 heavy (non-hydrogen) atoms. The minimum absolute atomic E-state index is 0.0778. The zero-order valence-corrected chi connectivity index (χ0v) is 15.3. The third-order valence-electron chi connectivity index (χ3n) is 6.31. The van der Waals surface area contributed by atoms with E-state index in [1.54, 1.807) is 11.9 Å². The van der Waals surface area contributed by atoms with Gasteiger partial charge in [0.05, 0.1) is 5.92 Å². The van der Waals surface area contributed by atoms with Crippen LogP contribution in [-0.2, 0) is 16.0 Å². The van der Waals surface area contributed by atoms with Crippen molar-refractivity contribution in [2.75, 3.05) is 12.4 Å². The summed E-state index contributed by atoms with van der Waals surface area (Å²) in [6, 6.07) is 4.96. The van der Waals surface area contributed by atoms with Crippen molar-refractivity contribution in [1.29, 1.82) is 0 Å². The Morgan fingerprint density at radius 1 is 1.31 bits per heavy atom. The average Bonchev–Trinajstić information content (AvgIpc) is 2.98. The summed E-state index contributed by atoms with van der Waals surface area (Å²) in [7, 11) is 1.77. The zero-order valence-electron chi connectivity index (χ0n) is 15.3. The number of carbonyl (C=O) groups is 3. The Morgan fingerprint density at radius 2 is 2.00 bits per heavy atom. The first-order chi connectivity index (χ1) is 12.2. The molecule has 1 amide bonds. The van der Waals surface area contributed by atoms with Crippen LogP contribution in [-0.4, -0.2) is 46.1 Å². The molecule has 1 fully saturated rings. The summed E-state index contributed by atoms with van der Waals surface area (Å²) < 4.78 is 0. The lowest BCUT2D eigenvalue weighted by molar-refractivity contribution is -0.132. The lowest BCUT2D eigenvalue weighted by Crippen LogP contribution is -2.47. The highest BCUT2D eigenvalue weighted by Crippen LogP contribution is 2.54. The van der Waals surface area contributed by atoms with Gasteiger partial charge in [0, 0.05) is 23.8 Å². The molecule has 4 rings (SSSR count). The van der Waals surface area contributed by atoms with Gasteiger partial charge in [-0.25, -0.2) is 0 Å². The number of ketones is 2. The van der Waals surface area contributed by atoms with Crippen molar-refractivity contribution in [3.8, 4) is 0 Å². The van der Waals surface area contributed by atoms with E-state index in [9.17, 15) is 19.5 Å². The van der Waals surface area contributed by atoms with Gasteiger partial charge in [0.2, 0.25) is 0 Å². The fourth-order valence-electron chi connectivity index (χ4n) is 5.12. The lowest BCUT2D eigenvalue weighted by atomic mass is 9.68. The Morgan fingerprint density at radius 3 is 2.62 bits per heavy atom. The fraction of sp³-hybridized carbons (Fsp3) is 0.450. The number of carbonyl (C=O) groups excluding carboxylic acids is 3. The lowest BCUT2D eigenvalue weighted by Gasteiger charge is -2.37. The van der Waals surface area contributed by atoms with Crippen LogP contribution in [0.5, 0.6) is 0 Å². The maximum Gasteiger partial charge on any atom is 0.262 e. The van der Waals surface area contributed by atoms with Gasteiger partial charge >= 0.3 is 0 Å². The number of hydrogen-bond donors (Lipinski definition) is 2. The fourth-order valence-corrected chi connectivity index (χ4v) is 5.12. The number of nitrogens with zero attached hydrogens (tertiary/aromatic N) is 1. The summed E-state index contributed by atoms with van der Waals surface area (Å²) in [5.74, 6) is -1.92. The van der Waals surface area contributed by atoms with Crippen LogP contribution in [0, 0.1) is 11.8 Å². The predicted molar refractivity (Wildman–Crippen MR) is 96.1 cm³/mol. The molecule has 2 heterocycles. The molecular formula is C20H22N2O4. The number of hydrogen-bond acceptors (Lipinski definition) is 5. The van der Waals surface area contributed by atoms with Crippen molar-refractivity contribution in [2.45, 2.75) is 38.8 Å². The van der Waals surface area contributed by atoms with Crippen LogP contribution < -0.4 is 5.32 Å². The molecule has 0 radical (unpaired) electrons. The van der Waals surface area contributed by atoms with Gasteiger partial charge in [-0.15, -0.1) is 0 Å². The van der Waals surface area contributed by atoms with Crippen LogP contribution in [0.3, 0.4) is 0 Å². The second kappa shape index (κ2) is 5.19. The molecule has 3 aliphatic rings. The Hall–Kier alpha value is -2.63. The number of benzene rings is 1. The van der Waals surface area contributed by atoms with Gasteiger partial charge in [0.15, 0.2) is 11.6 Å². The van der Waals surface area contributed by atoms with Crippen molar-refractivity contribution in [3.63, 3.8) is 0 Å². The second-order valence-corrected chi connectivity index (χ2v) is 7.88. The summed E-state index contributed by atoms with van der Waals surface area (Å²) in [6.07, 6.45) is 0.650. The minimum Gasteiger partial charge on any atom is -0.509 e. The van der Waals surface area contributed by atoms with E-state index in [-0.39, 0.29) is 23.0 Å².